The summed E-state index contributed by atoms with van der Waals surface area (Å²) in [4.78, 5) is 13.4. The third kappa shape index (κ3) is 3.11. The van der Waals surface area contributed by atoms with Crippen molar-refractivity contribution in [3.63, 3.8) is 0 Å². The van der Waals surface area contributed by atoms with E-state index in [9.17, 15) is 4.79 Å². The van der Waals surface area contributed by atoms with Crippen LogP contribution >= 0.6 is 33.9 Å². The molecule has 0 aliphatic heterocycles. The molecule has 2 rings (SSSR count). The van der Waals surface area contributed by atoms with Crippen molar-refractivity contribution in [3.8, 4) is 0 Å². The predicted molar refractivity (Wildman–Crippen MR) is 84.0 cm³/mol. The molecule has 0 bridgehead atoms. The van der Waals surface area contributed by atoms with Crippen molar-refractivity contribution < 1.29 is 4.79 Å². The van der Waals surface area contributed by atoms with Gasteiger partial charge in [-0.1, -0.05) is 25.1 Å². The van der Waals surface area contributed by atoms with Crippen molar-refractivity contribution in [1.29, 1.82) is 0 Å². The molecule has 0 fully saturated rings. The Hall–Kier alpha value is -0.880. The lowest BCUT2D eigenvalue weighted by molar-refractivity contribution is 0.0935. The van der Waals surface area contributed by atoms with Crippen LogP contribution in [0.15, 0.2) is 41.8 Å². The van der Waals surface area contributed by atoms with E-state index in [0.29, 0.717) is 0 Å². The van der Waals surface area contributed by atoms with Crippen molar-refractivity contribution in [1.82, 2.24) is 5.32 Å². The molecule has 0 saturated heterocycles. The lowest BCUT2D eigenvalue weighted by atomic mass is 10.1. The molecule has 1 heterocycles. The average Bonchev–Trinajstić information content (AvgIpc) is 2.90. The number of benzene rings is 1. The monoisotopic (exact) mass is 371 g/mol. The van der Waals surface area contributed by atoms with E-state index in [1.807, 2.05) is 35.7 Å². The number of carbonyl (C=O) groups is 1. The fourth-order valence-electron chi connectivity index (χ4n) is 1.75. The van der Waals surface area contributed by atoms with Gasteiger partial charge in [0.05, 0.1) is 11.6 Å². The molecule has 18 heavy (non-hydrogen) atoms. The second-order valence-electron chi connectivity index (χ2n) is 3.93. The number of thiophene rings is 1. The standard InChI is InChI=1S/C14H14INOS/c1-2-12(13-8-5-9-18-13)16-14(17)10-6-3-4-7-11(10)15/h3-9,12H,2H2,1H3,(H,16,17). The summed E-state index contributed by atoms with van der Waals surface area (Å²) in [6.07, 6.45) is 0.898. The lowest BCUT2D eigenvalue weighted by Crippen LogP contribution is -2.28. The number of rotatable bonds is 4. The van der Waals surface area contributed by atoms with E-state index in [1.165, 1.54) is 4.88 Å². The second kappa shape index (κ2) is 6.33. The minimum atomic E-state index is 0.000231. The quantitative estimate of drug-likeness (QED) is 0.801. The molecule has 1 unspecified atom stereocenters. The molecule has 0 aliphatic rings. The van der Waals surface area contributed by atoms with Crippen LogP contribution in [0, 0.1) is 3.57 Å². The molecule has 0 spiro atoms. The third-order valence-electron chi connectivity index (χ3n) is 2.72. The fourth-order valence-corrected chi connectivity index (χ4v) is 3.24. The zero-order chi connectivity index (χ0) is 13.0. The number of carbonyl (C=O) groups excluding carboxylic acids is 1. The van der Waals surface area contributed by atoms with Crippen LogP contribution in [0.5, 0.6) is 0 Å². The highest BCUT2D eigenvalue weighted by Gasteiger charge is 2.16. The van der Waals surface area contributed by atoms with E-state index in [0.717, 1.165) is 15.6 Å². The van der Waals surface area contributed by atoms with Gasteiger partial charge >= 0.3 is 0 Å². The summed E-state index contributed by atoms with van der Waals surface area (Å²) >= 11 is 3.87. The summed E-state index contributed by atoms with van der Waals surface area (Å²) in [5.41, 5.74) is 0.744. The van der Waals surface area contributed by atoms with Gasteiger partial charge in [-0.15, -0.1) is 11.3 Å². The van der Waals surface area contributed by atoms with Gasteiger partial charge in [-0.3, -0.25) is 4.79 Å². The highest BCUT2D eigenvalue weighted by Crippen LogP contribution is 2.22. The number of hydrogen-bond donors (Lipinski definition) is 1. The van der Waals surface area contributed by atoms with E-state index < -0.39 is 0 Å². The van der Waals surface area contributed by atoms with Crippen LogP contribution in [0.3, 0.4) is 0 Å². The maximum Gasteiger partial charge on any atom is 0.252 e. The van der Waals surface area contributed by atoms with Gasteiger partial charge in [-0.25, -0.2) is 0 Å². The van der Waals surface area contributed by atoms with Gasteiger partial charge < -0.3 is 5.32 Å². The maximum atomic E-state index is 12.2. The Labute approximate surface area is 125 Å². The lowest BCUT2D eigenvalue weighted by Gasteiger charge is -2.16. The zero-order valence-corrected chi connectivity index (χ0v) is 13.0. The van der Waals surface area contributed by atoms with Crippen LogP contribution in [0.4, 0.5) is 0 Å². The molecule has 0 aliphatic carbocycles. The molecule has 1 aromatic heterocycles. The molecule has 4 heteroatoms. The molecule has 0 saturated carbocycles. The smallest absolute Gasteiger partial charge is 0.252 e. The van der Waals surface area contributed by atoms with E-state index in [4.69, 9.17) is 0 Å². The van der Waals surface area contributed by atoms with Crippen molar-refractivity contribution in [2.75, 3.05) is 0 Å². The van der Waals surface area contributed by atoms with Crippen molar-refractivity contribution >= 4 is 39.8 Å². The Kier molecular flexibility index (Phi) is 4.77. The van der Waals surface area contributed by atoms with Crippen molar-refractivity contribution in [2.45, 2.75) is 19.4 Å². The topological polar surface area (TPSA) is 29.1 Å². The summed E-state index contributed by atoms with van der Waals surface area (Å²) in [5.74, 6) is 0.000231. The largest absolute Gasteiger partial charge is 0.344 e. The summed E-state index contributed by atoms with van der Waals surface area (Å²) in [6, 6.07) is 11.8. The first-order valence-corrected chi connectivity index (χ1v) is 7.77. The normalized spacial score (nSPS) is 12.1. The molecule has 0 radical (unpaired) electrons. The summed E-state index contributed by atoms with van der Waals surface area (Å²) < 4.78 is 0.980. The van der Waals surface area contributed by atoms with Crippen LogP contribution < -0.4 is 5.32 Å². The number of halogens is 1. The summed E-state index contributed by atoms with van der Waals surface area (Å²) in [6.45, 7) is 2.08. The van der Waals surface area contributed by atoms with Crippen LogP contribution in [0.1, 0.15) is 34.6 Å². The Bertz CT molecular complexity index is 524. The third-order valence-corrected chi connectivity index (χ3v) is 4.65. The van der Waals surface area contributed by atoms with Crippen molar-refractivity contribution in [2.24, 2.45) is 0 Å². The van der Waals surface area contributed by atoms with Crippen LogP contribution in [0.25, 0.3) is 0 Å². The van der Waals surface area contributed by atoms with Gasteiger partial charge in [0.15, 0.2) is 0 Å². The highest BCUT2D eigenvalue weighted by molar-refractivity contribution is 14.1. The van der Waals surface area contributed by atoms with Crippen LogP contribution in [0.2, 0.25) is 0 Å². The van der Waals surface area contributed by atoms with Crippen LogP contribution in [-0.4, -0.2) is 5.91 Å². The molecule has 1 amide bonds. The first kappa shape index (κ1) is 13.5. The maximum absolute atomic E-state index is 12.2. The first-order chi connectivity index (χ1) is 8.72. The molecular formula is C14H14INOS. The predicted octanol–water partition coefficient (Wildman–Crippen LogP) is 4.23. The second-order valence-corrected chi connectivity index (χ2v) is 6.07. The average molecular weight is 371 g/mol. The van der Waals surface area contributed by atoms with Gasteiger partial charge in [0.1, 0.15) is 0 Å². The van der Waals surface area contributed by atoms with E-state index in [2.05, 4.69) is 40.9 Å². The molecule has 2 nitrogen and oxygen atoms in total. The Morgan fingerprint density at radius 2 is 2.11 bits per heavy atom. The first-order valence-electron chi connectivity index (χ1n) is 5.81. The SMILES string of the molecule is CCC(NC(=O)c1ccccc1I)c1cccs1. The Balaban J connectivity index is 2.14. The minimum Gasteiger partial charge on any atom is -0.344 e. The van der Waals surface area contributed by atoms with Gasteiger partial charge in [0, 0.05) is 8.45 Å². The van der Waals surface area contributed by atoms with Gasteiger partial charge in [-0.2, -0.15) is 0 Å². The molecule has 1 aromatic carbocycles. The minimum absolute atomic E-state index is 0.000231. The van der Waals surface area contributed by atoms with E-state index in [1.54, 1.807) is 11.3 Å². The fraction of sp³-hybridized carbons (Fsp3) is 0.214. The molecule has 94 valence electrons. The van der Waals surface area contributed by atoms with Crippen LogP contribution in [-0.2, 0) is 0 Å². The summed E-state index contributed by atoms with van der Waals surface area (Å²) in [7, 11) is 0. The van der Waals surface area contributed by atoms with Gasteiger partial charge in [0.25, 0.3) is 5.91 Å². The van der Waals surface area contributed by atoms with E-state index in [-0.39, 0.29) is 11.9 Å². The molecule has 1 atom stereocenters. The van der Waals surface area contributed by atoms with E-state index >= 15 is 0 Å². The zero-order valence-electron chi connectivity index (χ0n) is 10.0. The Morgan fingerprint density at radius 1 is 1.33 bits per heavy atom. The summed E-state index contributed by atoms with van der Waals surface area (Å²) in [5, 5.41) is 5.13. The molecular weight excluding hydrogens is 357 g/mol. The molecule has 2 aromatic rings. The number of amides is 1. The van der Waals surface area contributed by atoms with Gasteiger partial charge in [-0.05, 0) is 52.6 Å². The molecule has 1 N–H and O–H groups in total. The highest BCUT2D eigenvalue weighted by atomic mass is 127. The number of nitrogens with one attached hydrogen (secondary N) is 1. The number of hydrogen-bond acceptors (Lipinski definition) is 2. The van der Waals surface area contributed by atoms with Crippen molar-refractivity contribution in [3.05, 3.63) is 55.8 Å². The van der Waals surface area contributed by atoms with Gasteiger partial charge in [0.2, 0.25) is 0 Å². The Morgan fingerprint density at radius 3 is 2.72 bits per heavy atom.